The second kappa shape index (κ2) is 7.53. The number of carbonyl (C=O) groups excluding carboxylic acids is 2. The minimum atomic E-state index is -0.453. The summed E-state index contributed by atoms with van der Waals surface area (Å²) >= 11 is 0. The Kier molecular flexibility index (Phi) is 6.03. The maximum Gasteiger partial charge on any atom is 0.321 e. The number of rotatable bonds is 5. The summed E-state index contributed by atoms with van der Waals surface area (Å²) < 4.78 is 0. The molecule has 0 saturated carbocycles. The number of nitrogens with zero attached hydrogens (tertiary/aromatic N) is 1. The summed E-state index contributed by atoms with van der Waals surface area (Å²) in [6, 6.07) is 7.42. The molecule has 0 fully saturated rings. The number of nitrogens with one attached hydrogen (secondary N) is 2. The maximum absolute atomic E-state index is 11.9. The number of hydrogen-bond acceptors (Lipinski definition) is 3. The van der Waals surface area contributed by atoms with E-state index in [2.05, 4.69) is 10.6 Å². The first-order valence-corrected chi connectivity index (χ1v) is 6.85. The van der Waals surface area contributed by atoms with Crippen LogP contribution in [0.2, 0.25) is 0 Å². The van der Waals surface area contributed by atoms with Crippen molar-refractivity contribution in [2.45, 2.75) is 33.7 Å². The summed E-state index contributed by atoms with van der Waals surface area (Å²) in [5.74, 6) is -0.312. The van der Waals surface area contributed by atoms with Crippen molar-refractivity contribution in [2.24, 2.45) is 0 Å². The van der Waals surface area contributed by atoms with Gasteiger partial charge in [0.05, 0.1) is 6.54 Å². The molecule has 1 rings (SSSR count). The number of benzene rings is 1. The molecule has 0 aliphatic heterocycles. The normalized spacial score (nSPS) is 10.2. The fraction of sp³-hybridized carbons (Fsp3) is 0.467. The van der Waals surface area contributed by atoms with Crippen LogP contribution in [0.25, 0.3) is 0 Å². The lowest BCUT2D eigenvalue weighted by atomic mass is 10.2. The van der Waals surface area contributed by atoms with Crippen molar-refractivity contribution >= 4 is 17.6 Å². The lowest BCUT2D eigenvalue weighted by Gasteiger charge is -2.24. The molecule has 1 aromatic rings. The maximum atomic E-state index is 11.9. The zero-order valence-electron chi connectivity index (χ0n) is 12.6. The second-order valence-electron chi connectivity index (χ2n) is 4.98. The molecule has 0 unspecified atom stereocenters. The molecule has 1 aromatic carbocycles. The van der Waals surface area contributed by atoms with Crippen LogP contribution < -0.4 is 15.5 Å². The second-order valence-corrected chi connectivity index (χ2v) is 4.98. The van der Waals surface area contributed by atoms with Crippen molar-refractivity contribution in [1.82, 2.24) is 10.6 Å². The molecule has 5 heteroatoms. The molecule has 0 bridgehead atoms. The predicted molar refractivity (Wildman–Crippen MR) is 80.9 cm³/mol. The molecule has 0 spiro atoms. The summed E-state index contributed by atoms with van der Waals surface area (Å²) in [4.78, 5) is 25.3. The first kappa shape index (κ1) is 16.0. The summed E-state index contributed by atoms with van der Waals surface area (Å²) in [5.41, 5.74) is 2.11. The third-order valence-corrected chi connectivity index (χ3v) is 2.85. The van der Waals surface area contributed by atoms with Gasteiger partial charge in [-0.1, -0.05) is 18.2 Å². The van der Waals surface area contributed by atoms with Gasteiger partial charge in [0.1, 0.15) is 0 Å². The minimum Gasteiger partial charge on any atom is -0.362 e. The van der Waals surface area contributed by atoms with Gasteiger partial charge in [0.25, 0.3) is 0 Å². The van der Waals surface area contributed by atoms with E-state index in [4.69, 9.17) is 0 Å². The number of amides is 3. The van der Waals surface area contributed by atoms with Gasteiger partial charge in [-0.3, -0.25) is 10.1 Å². The van der Waals surface area contributed by atoms with Crippen LogP contribution in [-0.4, -0.2) is 31.1 Å². The van der Waals surface area contributed by atoms with Gasteiger partial charge in [-0.2, -0.15) is 0 Å². The van der Waals surface area contributed by atoms with E-state index in [-0.39, 0.29) is 18.5 Å². The van der Waals surface area contributed by atoms with E-state index >= 15 is 0 Å². The fourth-order valence-corrected chi connectivity index (χ4v) is 1.92. The van der Waals surface area contributed by atoms with Gasteiger partial charge in [-0.05, 0) is 39.3 Å². The monoisotopic (exact) mass is 277 g/mol. The molecular weight excluding hydrogens is 254 g/mol. The van der Waals surface area contributed by atoms with Gasteiger partial charge < -0.3 is 10.2 Å². The van der Waals surface area contributed by atoms with Gasteiger partial charge in [-0.25, -0.2) is 4.79 Å². The Hall–Kier alpha value is -2.04. The van der Waals surface area contributed by atoms with Crippen molar-refractivity contribution in [2.75, 3.05) is 18.0 Å². The van der Waals surface area contributed by atoms with Crippen LogP contribution in [0.5, 0.6) is 0 Å². The Labute approximate surface area is 120 Å². The van der Waals surface area contributed by atoms with Gasteiger partial charge >= 0.3 is 6.03 Å². The zero-order chi connectivity index (χ0) is 15.1. The number of hydrogen-bond donors (Lipinski definition) is 2. The summed E-state index contributed by atoms with van der Waals surface area (Å²) in [5, 5.41) is 4.96. The van der Waals surface area contributed by atoms with Crippen molar-refractivity contribution in [3.63, 3.8) is 0 Å². The van der Waals surface area contributed by atoms with Crippen LogP contribution >= 0.6 is 0 Å². The molecule has 0 radical (unpaired) electrons. The Balaban J connectivity index is 2.63. The van der Waals surface area contributed by atoms with Crippen LogP contribution in [0.3, 0.4) is 0 Å². The zero-order valence-corrected chi connectivity index (χ0v) is 12.6. The molecule has 20 heavy (non-hydrogen) atoms. The Bertz CT molecular complexity index is 472. The van der Waals surface area contributed by atoms with Crippen LogP contribution in [0.4, 0.5) is 10.5 Å². The molecule has 5 nitrogen and oxygen atoms in total. The average molecular weight is 277 g/mol. The number of imide groups is 1. The molecule has 110 valence electrons. The molecule has 0 aromatic heterocycles. The third kappa shape index (κ3) is 4.91. The number of anilines is 1. The molecule has 0 aliphatic rings. The van der Waals surface area contributed by atoms with E-state index in [9.17, 15) is 9.59 Å². The highest BCUT2D eigenvalue weighted by Crippen LogP contribution is 2.18. The topological polar surface area (TPSA) is 61.4 Å². The lowest BCUT2D eigenvalue weighted by molar-refractivity contribution is -0.118. The standard InChI is InChI=1S/C15H23N3O2/c1-5-18(13-9-7-6-8-12(13)4)10-14(19)17-15(20)16-11(2)3/h6-9,11H,5,10H2,1-4H3,(H2,16,17,19,20). The van der Waals surface area contributed by atoms with E-state index in [0.717, 1.165) is 11.3 Å². The van der Waals surface area contributed by atoms with Crippen molar-refractivity contribution in [3.05, 3.63) is 29.8 Å². The van der Waals surface area contributed by atoms with Crippen molar-refractivity contribution in [3.8, 4) is 0 Å². The number of aryl methyl sites for hydroxylation is 1. The highest BCUT2D eigenvalue weighted by molar-refractivity contribution is 5.96. The highest BCUT2D eigenvalue weighted by atomic mass is 16.2. The van der Waals surface area contributed by atoms with E-state index in [0.29, 0.717) is 6.54 Å². The van der Waals surface area contributed by atoms with E-state index in [1.165, 1.54) is 0 Å². The molecule has 0 saturated heterocycles. The first-order valence-electron chi connectivity index (χ1n) is 6.85. The summed E-state index contributed by atoms with van der Waals surface area (Å²) in [7, 11) is 0. The average Bonchev–Trinajstić information content (AvgIpc) is 2.35. The van der Waals surface area contributed by atoms with Crippen LogP contribution in [0, 0.1) is 6.92 Å². The predicted octanol–water partition coefficient (Wildman–Crippen LogP) is 2.06. The fourth-order valence-electron chi connectivity index (χ4n) is 1.92. The van der Waals surface area contributed by atoms with Crippen LogP contribution in [0.15, 0.2) is 24.3 Å². The van der Waals surface area contributed by atoms with Gasteiger partial charge in [0.15, 0.2) is 0 Å². The summed E-state index contributed by atoms with van der Waals surface area (Å²) in [6.07, 6.45) is 0. The molecule has 0 atom stereocenters. The van der Waals surface area contributed by atoms with E-state index < -0.39 is 6.03 Å². The molecule has 0 heterocycles. The van der Waals surface area contributed by atoms with Crippen molar-refractivity contribution < 1.29 is 9.59 Å². The lowest BCUT2D eigenvalue weighted by Crippen LogP contribution is -2.46. The minimum absolute atomic E-state index is 0.00134. The SMILES string of the molecule is CCN(CC(=O)NC(=O)NC(C)C)c1ccccc1C. The molecule has 3 amide bonds. The molecule has 2 N–H and O–H groups in total. The summed E-state index contributed by atoms with van der Waals surface area (Å²) in [6.45, 7) is 8.53. The Morgan fingerprint density at radius 1 is 1.25 bits per heavy atom. The van der Waals surface area contributed by atoms with Gasteiger partial charge in [-0.15, -0.1) is 0 Å². The van der Waals surface area contributed by atoms with Crippen LogP contribution in [-0.2, 0) is 4.79 Å². The van der Waals surface area contributed by atoms with Gasteiger partial charge in [0, 0.05) is 18.3 Å². The molecular formula is C15H23N3O2. The number of likely N-dealkylation sites (N-methyl/N-ethyl adjacent to an activating group) is 1. The Morgan fingerprint density at radius 3 is 2.45 bits per heavy atom. The largest absolute Gasteiger partial charge is 0.362 e. The van der Waals surface area contributed by atoms with Gasteiger partial charge in [0.2, 0.25) is 5.91 Å². The van der Waals surface area contributed by atoms with E-state index in [1.54, 1.807) is 0 Å². The number of urea groups is 1. The smallest absolute Gasteiger partial charge is 0.321 e. The van der Waals surface area contributed by atoms with Crippen LogP contribution in [0.1, 0.15) is 26.3 Å². The van der Waals surface area contributed by atoms with Crippen molar-refractivity contribution in [1.29, 1.82) is 0 Å². The third-order valence-electron chi connectivity index (χ3n) is 2.85. The van der Waals surface area contributed by atoms with E-state index in [1.807, 2.05) is 56.9 Å². The number of para-hydroxylation sites is 1. The quantitative estimate of drug-likeness (QED) is 0.866. The highest BCUT2D eigenvalue weighted by Gasteiger charge is 2.14. The molecule has 0 aliphatic carbocycles. The number of carbonyl (C=O) groups is 2. The Morgan fingerprint density at radius 2 is 1.90 bits per heavy atom. The first-order chi connectivity index (χ1) is 9.43.